The average molecular weight is 459 g/mol. The van der Waals surface area contributed by atoms with Gasteiger partial charge in [0.1, 0.15) is 0 Å². The van der Waals surface area contributed by atoms with Gasteiger partial charge in [-0.05, 0) is 67.0 Å². The molecule has 3 rings (SSSR count). The smallest absolute Gasteiger partial charge is 0.258 e. The molecule has 0 saturated heterocycles. The van der Waals surface area contributed by atoms with E-state index in [0.29, 0.717) is 23.5 Å². The van der Waals surface area contributed by atoms with E-state index in [4.69, 9.17) is 9.26 Å². The summed E-state index contributed by atoms with van der Waals surface area (Å²) in [6.07, 6.45) is 2.62. The van der Waals surface area contributed by atoms with Gasteiger partial charge in [-0.3, -0.25) is 0 Å². The van der Waals surface area contributed by atoms with Gasteiger partial charge in [0.05, 0.1) is 7.11 Å². The lowest BCUT2D eigenvalue weighted by atomic mass is 9.96. The number of methoxy groups -OCH3 is 1. The monoisotopic (exact) mass is 458 g/mol. The molecule has 0 spiro atoms. The van der Waals surface area contributed by atoms with Crippen LogP contribution in [0.4, 0.5) is 0 Å². The van der Waals surface area contributed by atoms with E-state index in [1.807, 2.05) is 32.0 Å². The average Bonchev–Trinajstić information content (AvgIpc) is 3.26. The van der Waals surface area contributed by atoms with Crippen LogP contribution in [0, 0.1) is 12.8 Å². The van der Waals surface area contributed by atoms with E-state index >= 15 is 0 Å². The van der Waals surface area contributed by atoms with Crippen molar-refractivity contribution in [3.8, 4) is 28.7 Å². The summed E-state index contributed by atoms with van der Waals surface area (Å²) in [6.45, 7) is 8.61. The van der Waals surface area contributed by atoms with Crippen molar-refractivity contribution in [2.75, 3.05) is 7.11 Å². The van der Waals surface area contributed by atoms with E-state index < -0.39 is 10.9 Å². The summed E-state index contributed by atoms with van der Waals surface area (Å²) in [5.41, 5.74) is 5.49. The quantitative estimate of drug-likeness (QED) is 0.444. The summed E-state index contributed by atoms with van der Waals surface area (Å²) in [7, 11) is -1.06. The van der Waals surface area contributed by atoms with Crippen molar-refractivity contribution in [1.29, 1.82) is 0 Å². The summed E-state index contributed by atoms with van der Waals surface area (Å²) in [4.78, 5) is 9.14. The number of hydrogen-bond donors (Lipinski definition) is 2. The van der Waals surface area contributed by atoms with Crippen molar-refractivity contribution >= 4 is 10.9 Å². The molecule has 0 aliphatic carbocycles. The van der Waals surface area contributed by atoms with Crippen LogP contribution < -0.4 is 9.46 Å². The first-order valence-electron chi connectivity index (χ1n) is 10.7. The molecule has 0 unspecified atom stereocenters. The summed E-state index contributed by atoms with van der Waals surface area (Å²) >= 11 is 0. The number of nitrogens with one attached hydrogen (secondary N) is 1. The second-order valence-electron chi connectivity index (χ2n) is 8.12. The predicted molar refractivity (Wildman–Crippen MR) is 124 cm³/mol. The maximum atomic E-state index is 10.9. The highest BCUT2D eigenvalue weighted by Gasteiger charge is 2.16. The second-order valence-corrected chi connectivity index (χ2v) is 8.95. The van der Waals surface area contributed by atoms with Crippen LogP contribution in [0.1, 0.15) is 49.6 Å². The van der Waals surface area contributed by atoms with Gasteiger partial charge in [-0.15, -0.1) is 0 Å². The Bertz CT molecular complexity index is 1150. The van der Waals surface area contributed by atoms with Crippen molar-refractivity contribution in [3.63, 3.8) is 0 Å². The normalized spacial score (nSPS) is 11.5. The molecule has 2 heterocycles. The Morgan fingerprint density at radius 1 is 1.12 bits per heavy atom. The molecule has 0 bridgehead atoms. The zero-order chi connectivity index (χ0) is 23.3. The third-order valence-electron chi connectivity index (χ3n) is 5.30. The number of benzene rings is 1. The van der Waals surface area contributed by atoms with Crippen LogP contribution in [0.15, 0.2) is 28.8 Å². The zero-order valence-electron chi connectivity index (χ0n) is 19.1. The molecule has 0 aliphatic heterocycles. The van der Waals surface area contributed by atoms with Crippen LogP contribution >= 0.6 is 0 Å². The summed E-state index contributed by atoms with van der Waals surface area (Å²) in [5, 5.41) is 4.18. The number of aromatic nitrogens is 3. The van der Waals surface area contributed by atoms with Crippen molar-refractivity contribution in [1.82, 2.24) is 19.8 Å². The molecule has 2 aromatic heterocycles. The molecule has 32 heavy (non-hydrogen) atoms. The number of hydrogen-bond acceptors (Lipinski definition) is 7. The molecule has 0 amide bonds. The Kier molecular flexibility index (Phi) is 7.98. The Balaban J connectivity index is 1.93. The van der Waals surface area contributed by atoms with Gasteiger partial charge in [-0.1, -0.05) is 25.9 Å². The fraction of sp³-hybridized carbons (Fsp3) is 0.435. The molecule has 172 valence electrons. The topological polar surface area (TPSA) is 107 Å². The van der Waals surface area contributed by atoms with Gasteiger partial charge in [0.25, 0.3) is 5.89 Å². The van der Waals surface area contributed by atoms with E-state index in [2.05, 4.69) is 33.7 Å². The van der Waals surface area contributed by atoms with E-state index in [0.717, 1.165) is 52.8 Å². The van der Waals surface area contributed by atoms with E-state index in [-0.39, 0.29) is 6.54 Å². The highest BCUT2D eigenvalue weighted by molar-refractivity contribution is 7.70. The van der Waals surface area contributed by atoms with Gasteiger partial charge in [-0.2, -0.15) is 4.98 Å². The zero-order valence-corrected chi connectivity index (χ0v) is 20.0. The fourth-order valence-corrected chi connectivity index (χ4v) is 3.83. The lowest BCUT2D eigenvalue weighted by Gasteiger charge is -2.12. The fourth-order valence-electron chi connectivity index (χ4n) is 3.54. The molecule has 0 saturated carbocycles. The standard InChI is InChI=1S/C23H30N4O4S/c1-6-16-10-17(9-15(4)20(16)13-24-32(28)29)22-26-23(31-27-22)18-11-19(8-7-14(2)3)25-21(12-18)30-5/h9-12,14,32H,6-8,13H2,1-5H3,(H,24,28,29). The largest absolute Gasteiger partial charge is 0.481 e. The van der Waals surface area contributed by atoms with Gasteiger partial charge in [0.2, 0.25) is 22.6 Å². The number of nitrogens with zero attached hydrogens (tertiary/aromatic N) is 3. The highest BCUT2D eigenvalue weighted by Crippen LogP contribution is 2.28. The minimum absolute atomic E-state index is 0.265. The van der Waals surface area contributed by atoms with Crippen LogP contribution in [0.25, 0.3) is 22.8 Å². The lowest BCUT2D eigenvalue weighted by Crippen LogP contribution is -2.13. The molecule has 0 radical (unpaired) electrons. The Labute approximate surface area is 190 Å². The number of ether oxygens (including phenoxy) is 1. The first kappa shape index (κ1) is 23.9. The van der Waals surface area contributed by atoms with Gasteiger partial charge < -0.3 is 9.26 Å². The highest BCUT2D eigenvalue weighted by atomic mass is 32.2. The van der Waals surface area contributed by atoms with Gasteiger partial charge in [0.15, 0.2) is 0 Å². The van der Waals surface area contributed by atoms with E-state index in [9.17, 15) is 8.42 Å². The van der Waals surface area contributed by atoms with Crippen LogP contribution in [0.3, 0.4) is 0 Å². The predicted octanol–water partition coefficient (Wildman–Crippen LogP) is 3.88. The number of aryl methyl sites for hydroxylation is 3. The van der Waals surface area contributed by atoms with Crippen molar-refractivity contribution < 1.29 is 17.7 Å². The maximum Gasteiger partial charge on any atom is 0.258 e. The van der Waals surface area contributed by atoms with E-state index in [1.54, 1.807) is 13.2 Å². The Morgan fingerprint density at radius 3 is 2.56 bits per heavy atom. The first-order chi connectivity index (χ1) is 15.3. The summed E-state index contributed by atoms with van der Waals surface area (Å²) in [5.74, 6) is 1.96. The third kappa shape index (κ3) is 5.92. The Morgan fingerprint density at radius 2 is 1.91 bits per heavy atom. The van der Waals surface area contributed by atoms with Gasteiger partial charge >= 0.3 is 0 Å². The SMILES string of the molecule is CCc1cc(-c2noc(-c3cc(CCC(C)C)nc(OC)c3)n2)cc(C)c1CN[SH](=O)=O. The van der Waals surface area contributed by atoms with Gasteiger partial charge in [-0.25, -0.2) is 18.1 Å². The van der Waals surface area contributed by atoms with Gasteiger partial charge in [0, 0.05) is 29.4 Å². The minimum Gasteiger partial charge on any atom is -0.481 e. The summed E-state index contributed by atoms with van der Waals surface area (Å²) in [6, 6.07) is 7.68. The van der Waals surface area contributed by atoms with Crippen molar-refractivity contribution in [3.05, 3.63) is 46.6 Å². The van der Waals surface area contributed by atoms with Crippen molar-refractivity contribution in [2.24, 2.45) is 5.92 Å². The number of thiol groups is 1. The van der Waals surface area contributed by atoms with Crippen LogP contribution in [-0.4, -0.2) is 30.7 Å². The lowest BCUT2D eigenvalue weighted by molar-refractivity contribution is 0.394. The Hall–Kier alpha value is -2.78. The third-order valence-corrected chi connectivity index (χ3v) is 5.72. The molecular formula is C23H30N4O4S. The van der Waals surface area contributed by atoms with E-state index in [1.165, 1.54) is 0 Å². The maximum absolute atomic E-state index is 10.9. The molecule has 1 N–H and O–H groups in total. The molecule has 0 fully saturated rings. The first-order valence-corrected chi connectivity index (χ1v) is 11.9. The second kappa shape index (κ2) is 10.7. The number of rotatable bonds is 10. The molecule has 9 heteroatoms. The molecule has 3 aromatic rings. The minimum atomic E-state index is -2.65. The van der Waals surface area contributed by atoms with Crippen LogP contribution in [0.5, 0.6) is 5.88 Å². The molecular weight excluding hydrogens is 428 g/mol. The molecule has 1 aromatic carbocycles. The van der Waals surface area contributed by atoms with Crippen molar-refractivity contribution in [2.45, 2.75) is 53.5 Å². The van der Waals surface area contributed by atoms with Crippen LogP contribution in [-0.2, 0) is 30.3 Å². The molecule has 0 atom stereocenters. The summed E-state index contributed by atoms with van der Waals surface area (Å²) < 4.78 is 35.3. The molecule has 8 nitrogen and oxygen atoms in total. The molecule has 0 aliphatic rings. The number of pyridine rings is 1. The van der Waals surface area contributed by atoms with Crippen LogP contribution in [0.2, 0.25) is 0 Å².